The topological polar surface area (TPSA) is 55.4 Å². The minimum Gasteiger partial charge on any atom is -0.380 e. The minimum atomic E-state index is -3.03. The Morgan fingerprint density at radius 1 is 1.22 bits per heavy atom. The van der Waals surface area contributed by atoms with E-state index in [0.717, 1.165) is 25.8 Å². The third-order valence-electron chi connectivity index (χ3n) is 4.17. The lowest BCUT2D eigenvalue weighted by atomic mass is 10.1. The summed E-state index contributed by atoms with van der Waals surface area (Å²) in [4.78, 5) is 0. The summed E-state index contributed by atoms with van der Waals surface area (Å²) >= 11 is 0. The molecule has 2 atom stereocenters. The van der Waals surface area contributed by atoms with E-state index in [9.17, 15) is 8.42 Å². The van der Waals surface area contributed by atoms with Crippen LogP contribution in [0.5, 0.6) is 0 Å². The number of nitrogens with one attached hydrogen (secondary N) is 1. The van der Waals surface area contributed by atoms with E-state index in [0.29, 0.717) is 24.9 Å². The molecule has 106 valence electrons. The third kappa shape index (κ3) is 3.45. The average Bonchev–Trinajstić information content (AvgIpc) is 2.82. The van der Waals surface area contributed by atoms with Gasteiger partial charge in [-0.1, -0.05) is 19.8 Å². The Bertz CT molecular complexity index is 347. The van der Waals surface area contributed by atoms with Crippen LogP contribution in [0.3, 0.4) is 0 Å². The number of sulfone groups is 1. The van der Waals surface area contributed by atoms with Crippen molar-refractivity contribution < 1.29 is 13.2 Å². The summed E-state index contributed by atoms with van der Waals surface area (Å²) in [5, 5.41) is 2.97. The molecule has 0 aromatic heterocycles. The van der Waals surface area contributed by atoms with Gasteiger partial charge >= 0.3 is 0 Å². The maximum atomic E-state index is 12.5. The molecule has 0 aromatic carbocycles. The van der Waals surface area contributed by atoms with Crippen molar-refractivity contribution >= 4 is 9.84 Å². The van der Waals surface area contributed by atoms with Gasteiger partial charge in [0, 0.05) is 12.6 Å². The Hall–Kier alpha value is -0.130. The van der Waals surface area contributed by atoms with Gasteiger partial charge < -0.3 is 10.1 Å². The minimum absolute atomic E-state index is 0.0788. The van der Waals surface area contributed by atoms with E-state index in [-0.39, 0.29) is 11.3 Å². The molecule has 0 spiro atoms. The highest BCUT2D eigenvalue weighted by atomic mass is 32.2. The van der Waals surface area contributed by atoms with Gasteiger partial charge in [0.05, 0.1) is 17.6 Å². The van der Waals surface area contributed by atoms with Crippen LogP contribution in [0.1, 0.15) is 39.0 Å². The molecular weight excluding hydrogens is 250 g/mol. The summed E-state index contributed by atoms with van der Waals surface area (Å²) < 4.78 is 30.4. The molecule has 2 rings (SSSR count). The van der Waals surface area contributed by atoms with Crippen LogP contribution in [0.4, 0.5) is 0 Å². The number of ether oxygens (including phenoxy) is 1. The van der Waals surface area contributed by atoms with Crippen molar-refractivity contribution in [2.75, 3.05) is 25.5 Å². The van der Waals surface area contributed by atoms with Gasteiger partial charge in [-0.25, -0.2) is 8.42 Å². The fraction of sp³-hybridized carbons (Fsp3) is 1.00. The third-order valence-corrected chi connectivity index (χ3v) is 6.50. The zero-order chi connectivity index (χ0) is 13.0. The fourth-order valence-electron chi connectivity index (χ4n) is 3.19. The molecule has 2 fully saturated rings. The standard InChI is InChI=1S/C13H25NO3S/c1-2-14-12-7-8-17-9-13(12)18(15,16)10-11-5-3-4-6-11/h11-14H,2-10H2,1H3. The van der Waals surface area contributed by atoms with Gasteiger partial charge in [-0.3, -0.25) is 0 Å². The molecule has 1 aliphatic heterocycles. The second kappa shape index (κ2) is 6.35. The highest BCUT2D eigenvalue weighted by Crippen LogP contribution is 2.28. The molecule has 1 saturated carbocycles. The second-order valence-electron chi connectivity index (χ2n) is 5.55. The number of hydrogen-bond donors (Lipinski definition) is 1. The quantitative estimate of drug-likeness (QED) is 0.823. The molecule has 2 unspecified atom stereocenters. The predicted octanol–water partition coefficient (Wildman–Crippen LogP) is 1.36. The van der Waals surface area contributed by atoms with Crippen molar-refractivity contribution in [3.63, 3.8) is 0 Å². The summed E-state index contributed by atoms with van der Waals surface area (Å²) in [5.41, 5.74) is 0. The zero-order valence-corrected chi connectivity index (χ0v) is 12.0. The number of hydrogen-bond acceptors (Lipinski definition) is 4. The Labute approximate surface area is 110 Å². The summed E-state index contributed by atoms with van der Waals surface area (Å²) in [6.07, 6.45) is 5.36. The fourth-order valence-corrected chi connectivity index (χ4v) is 5.46. The van der Waals surface area contributed by atoms with Gasteiger partial charge in [0.2, 0.25) is 0 Å². The van der Waals surface area contributed by atoms with Crippen LogP contribution in [0.15, 0.2) is 0 Å². The van der Waals surface area contributed by atoms with Crippen LogP contribution >= 0.6 is 0 Å². The van der Waals surface area contributed by atoms with Gasteiger partial charge in [0.25, 0.3) is 0 Å². The molecule has 0 bridgehead atoms. The van der Waals surface area contributed by atoms with Crippen molar-refractivity contribution in [3.05, 3.63) is 0 Å². The highest BCUT2D eigenvalue weighted by molar-refractivity contribution is 7.92. The maximum absolute atomic E-state index is 12.5. The Kier molecular flexibility index (Phi) is 5.04. The van der Waals surface area contributed by atoms with Gasteiger partial charge in [-0.15, -0.1) is 0 Å². The van der Waals surface area contributed by atoms with Gasteiger partial charge in [-0.2, -0.15) is 0 Å². The van der Waals surface area contributed by atoms with Crippen LogP contribution in [0.25, 0.3) is 0 Å². The van der Waals surface area contributed by atoms with Crippen molar-refractivity contribution in [2.45, 2.75) is 50.3 Å². The molecule has 1 aliphatic carbocycles. The first-order valence-corrected chi connectivity index (χ1v) is 8.87. The Morgan fingerprint density at radius 2 is 1.94 bits per heavy atom. The van der Waals surface area contributed by atoms with E-state index in [2.05, 4.69) is 5.32 Å². The molecule has 5 heteroatoms. The molecule has 1 N–H and O–H groups in total. The molecule has 2 aliphatic rings. The highest BCUT2D eigenvalue weighted by Gasteiger charge is 2.37. The average molecular weight is 275 g/mol. The summed E-state index contributed by atoms with van der Waals surface area (Å²) in [6.45, 7) is 3.88. The smallest absolute Gasteiger partial charge is 0.157 e. The lowest BCUT2D eigenvalue weighted by Crippen LogP contribution is -2.51. The molecule has 0 amide bonds. The first-order valence-electron chi connectivity index (χ1n) is 7.16. The summed E-state index contributed by atoms with van der Waals surface area (Å²) in [6, 6.07) is 0.0788. The van der Waals surface area contributed by atoms with Crippen molar-refractivity contribution in [1.29, 1.82) is 0 Å². The molecule has 1 saturated heterocycles. The normalized spacial score (nSPS) is 30.7. The lowest BCUT2D eigenvalue weighted by molar-refractivity contribution is 0.0811. The van der Waals surface area contributed by atoms with E-state index in [4.69, 9.17) is 4.74 Å². The van der Waals surface area contributed by atoms with Crippen molar-refractivity contribution in [1.82, 2.24) is 5.32 Å². The van der Waals surface area contributed by atoms with Crippen molar-refractivity contribution in [3.8, 4) is 0 Å². The number of rotatable bonds is 5. The molecule has 0 aromatic rings. The predicted molar refractivity (Wildman–Crippen MR) is 72.4 cm³/mol. The van der Waals surface area contributed by atoms with Crippen molar-refractivity contribution in [2.24, 2.45) is 5.92 Å². The van der Waals surface area contributed by atoms with Gasteiger partial charge in [-0.05, 0) is 31.7 Å². The van der Waals surface area contributed by atoms with Crippen LogP contribution in [-0.2, 0) is 14.6 Å². The van der Waals surface area contributed by atoms with E-state index in [1.54, 1.807) is 0 Å². The van der Waals surface area contributed by atoms with Gasteiger partial charge in [0.1, 0.15) is 0 Å². The largest absolute Gasteiger partial charge is 0.380 e. The van der Waals surface area contributed by atoms with Crippen LogP contribution in [0.2, 0.25) is 0 Å². The first kappa shape index (κ1) is 14.3. The maximum Gasteiger partial charge on any atom is 0.157 e. The van der Waals surface area contributed by atoms with Crippen LogP contribution in [0, 0.1) is 5.92 Å². The molecule has 18 heavy (non-hydrogen) atoms. The molecule has 4 nitrogen and oxygen atoms in total. The summed E-state index contributed by atoms with van der Waals surface area (Å²) in [7, 11) is -3.03. The van der Waals surface area contributed by atoms with E-state index < -0.39 is 9.84 Å². The monoisotopic (exact) mass is 275 g/mol. The SMILES string of the molecule is CCNC1CCOCC1S(=O)(=O)CC1CCCC1. The Balaban J connectivity index is 2.01. The Morgan fingerprint density at radius 3 is 2.61 bits per heavy atom. The van der Waals surface area contributed by atoms with Gasteiger partial charge in [0.15, 0.2) is 9.84 Å². The zero-order valence-electron chi connectivity index (χ0n) is 11.2. The molecular formula is C13H25NO3S. The second-order valence-corrected chi connectivity index (χ2v) is 7.81. The molecule has 0 radical (unpaired) electrons. The molecule has 1 heterocycles. The van der Waals surface area contributed by atoms with E-state index in [1.165, 1.54) is 12.8 Å². The first-order chi connectivity index (χ1) is 8.63. The van der Waals surface area contributed by atoms with Crippen LogP contribution in [-0.4, -0.2) is 45.2 Å². The summed E-state index contributed by atoms with van der Waals surface area (Å²) in [5.74, 6) is 0.752. The van der Waals surface area contributed by atoms with Crippen LogP contribution < -0.4 is 5.32 Å². The lowest BCUT2D eigenvalue weighted by Gasteiger charge is -2.32. The van der Waals surface area contributed by atoms with E-state index >= 15 is 0 Å². The van der Waals surface area contributed by atoms with E-state index in [1.807, 2.05) is 6.92 Å².